The Balaban J connectivity index is 2.23. The van der Waals surface area contributed by atoms with Gasteiger partial charge in [0.25, 0.3) is 0 Å². The highest BCUT2D eigenvalue weighted by atomic mass is 19.1. The van der Waals surface area contributed by atoms with Crippen LogP contribution in [-0.4, -0.2) is 12.2 Å². The first kappa shape index (κ1) is 21.9. The van der Waals surface area contributed by atoms with Crippen molar-refractivity contribution in [2.45, 2.75) is 45.2 Å². The summed E-state index contributed by atoms with van der Waals surface area (Å²) in [6.45, 7) is 14.3. The van der Waals surface area contributed by atoms with Crippen molar-refractivity contribution >= 4 is 11.8 Å². The van der Waals surface area contributed by atoms with E-state index in [0.29, 0.717) is 25.1 Å². The van der Waals surface area contributed by atoms with Crippen molar-refractivity contribution in [2.75, 3.05) is 11.9 Å². The Bertz CT molecular complexity index is 810. The van der Waals surface area contributed by atoms with Crippen LogP contribution >= 0.6 is 0 Å². The van der Waals surface area contributed by atoms with Gasteiger partial charge in [0.15, 0.2) is 0 Å². The highest BCUT2D eigenvalue weighted by molar-refractivity contribution is 5.53. The Hall–Kier alpha value is -2.42. The maximum Gasteiger partial charge on any atom is 0.125 e. The van der Waals surface area contributed by atoms with E-state index in [9.17, 15) is 8.78 Å². The number of anilines is 1. The van der Waals surface area contributed by atoms with Crippen LogP contribution < -0.4 is 5.32 Å². The lowest BCUT2D eigenvalue weighted by molar-refractivity contribution is 0.147. The molecule has 2 aromatic rings. The fourth-order valence-electron chi connectivity index (χ4n) is 3.45. The lowest BCUT2D eigenvalue weighted by Gasteiger charge is -2.32. The van der Waals surface area contributed by atoms with Crippen molar-refractivity contribution in [3.05, 3.63) is 84.2 Å². The Kier molecular flexibility index (Phi) is 7.56. The Morgan fingerprint density at radius 3 is 2.57 bits per heavy atom. The first-order valence-corrected chi connectivity index (χ1v) is 9.84. The monoisotopic (exact) mass is 383 g/mol. The summed E-state index contributed by atoms with van der Waals surface area (Å²) in [5.74, 6) is -0.257. The summed E-state index contributed by atoms with van der Waals surface area (Å²) in [4.78, 5) is 0. The molecule has 0 spiro atoms. The van der Waals surface area contributed by atoms with E-state index < -0.39 is 5.67 Å². The maximum absolute atomic E-state index is 15.0. The van der Waals surface area contributed by atoms with E-state index >= 15 is 0 Å². The highest BCUT2D eigenvalue weighted by Gasteiger charge is 2.32. The molecule has 3 heteroatoms. The fourth-order valence-corrected chi connectivity index (χ4v) is 3.45. The second-order valence-corrected chi connectivity index (χ2v) is 7.72. The molecule has 28 heavy (non-hydrogen) atoms. The first-order valence-electron chi connectivity index (χ1n) is 9.84. The van der Waals surface area contributed by atoms with E-state index in [2.05, 4.69) is 31.5 Å². The molecule has 0 aliphatic carbocycles. The van der Waals surface area contributed by atoms with Gasteiger partial charge in [-0.2, -0.15) is 0 Å². The largest absolute Gasteiger partial charge is 0.381 e. The number of hydrogen-bond donors (Lipinski definition) is 1. The second-order valence-electron chi connectivity index (χ2n) is 7.72. The van der Waals surface area contributed by atoms with E-state index in [1.54, 1.807) is 13.0 Å². The van der Waals surface area contributed by atoms with Crippen LogP contribution in [0, 0.1) is 11.7 Å². The van der Waals surface area contributed by atoms with Crippen molar-refractivity contribution in [1.29, 1.82) is 0 Å². The first-order chi connectivity index (χ1) is 13.3. The summed E-state index contributed by atoms with van der Waals surface area (Å²) in [5, 5.41) is 3.22. The van der Waals surface area contributed by atoms with E-state index in [1.165, 1.54) is 12.1 Å². The van der Waals surface area contributed by atoms with Crippen LogP contribution in [0.3, 0.4) is 0 Å². The third kappa shape index (κ3) is 5.79. The maximum atomic E-state index is 15.0. The Labute approximate surface area is 168 Å². The SMILES string of the molecule is C=Cc1ccccc1C(CC(C)(F)CC)C(C)C(=C)CNc1cccc(F)c1. The third-order valence-corrected chi connectivity index (χ3v) is 5.59. The van der Waals surface area contributed by atoms with Gasteiger partial charge in [-0.1, -0.05) is 69.0 Å². The predicted octanol–water partition coefficient (Wildman–Crippen LogP) is 7.39. The minimum atomic E-state index is -1.26. The topological polar surface area (TPSA) is 12.0 Å². The van der Waals surface area contributed by atoms with Gasteiger partial charge in [-0.05, 0) is 60.9 Å². The molecule has 2 rings (SSSR count). The molecule has 3 unspecified atom stereocenters. The molecule has 0 heterocycles. The quantitative estimate of drug-likeness (QED) is 0.422. The standard InChI is InChI=1S/C25H31F2N/c1-6-20-11-8-9-14-23(20)24(16-25(5,27)7-2)19(4)18(3)17-28-22-13-10-12-21(26)15-22/h6,8-15,19,24,28H,1,3,7,16-17H2,2,4-5H3. The second kappa shape index (κ2) is 9.68. The van der Waals surface area contributed by atoms with Gasteiger partial charge >= 0.3 is 0 Å². The van der Waals surface area contributed by atoms with E-state index in [1.807, 2.05) is 37.3 Å². The van der Waals surface area contributed by atoms with Crippen LogP contribution in [0.2, 0.25) is 0 Å². The molecular formula is C25H31F2N. The molecule has 1 N–H and O–H groups in total. The normalized spacial score (nSPS) is 15.3. The molecule has 0 fully saturated rings. The van der Waals surface area contributed by atoms with Gasteiger partial charge in [0.05, 0.1) is 0 Å². The Morgan fingerprint density at radius 2 is 1.93 bits per heavy atom. The van der Waals surface area contributed by atoms with Crippen LogP contribution in [0.4, 0.5) is 14.5 Å². The zero-order valence-electron chi connectivity index (χ0n) is 17.1. The van der Waals surface area contributed by atoms with E-state index in [4.69, 9.17) is 0 Å². The minimum Gasteiger partial charge on any atom is -0.381 e. The van der Waals surface area contributed by atoms with Gasteiger partial charge in [-0.3, -0.25) is 0 Å². The number of rotatable bonds is 10. The molecule has 0 aromatic heterocycles. The summed E-state index contributed by atoms with van der Waals surface area (Å²) < 4.78 is 28.4. The van der Waals surface area contributed by atoms with E-state index in [0.717, 1.165) is 16.7 Å². The summed E-state index contributed by atoms with van der Waals surface area (Å²) in [5.41, 5.74) is 2.52. The van der Waals surface area contributed by atoms with Crippen LogP contribution in [0.1, 0.15) is 50.7 Å². The van der Waals surface area contributed by atoms with Crippen LogP contribution in [0.15, 0.2) is 67.3 Å². The molecule has 0 amide bonds. The molecule has 0 bridgehead atoms. The van der Waals surface area contributed by atoms with Crippen molar-refractivity contribution in [1.82, 2.24) is 0 Å². The highest BCUT2D eigenvalue weighted by Crippen LogP contribution is 2.40. The predicted molar refractivity (Wildman–Crippen MR) is 117 cm³/mol. The lowest BCUT2D eigenvalue weighted by atomic mass is 9.75. The average molecular weight is 384 g/mol. The number of alkyl halides is 1. The molecule has 1 nitrogen and oxygen atoms in total. The van der Waals surface area contributed by atoms with Gasteiger partial charge in [0, 0.05) is 12.2 Å². The molecular weight excluding hydrogens is 352 g/mol. The summed E-state index contributed by atoms with van der Waals surface area (Å²) in [7, 11) is 0. The van der Waals surface area contributed by atoms with Crippen molar-refractivity contribution in [3.63, 3.8) is 0 Å². The fraction of sp³-hybridized carbons (Fsp3) is 0.360. The minimum absolute atomic E-state index is 0.0223. The summed E-state index contributed by atoms with van der Waals surface area (Å²) in [6, 6.07) is 14.4. The number of benzene rings is 2. The molecule has 2 aromatic carbocycles. The van der Waals surface area contributed by atoms with Crippen LogP contribution in [0.25, 0.3) is 6.08 Å². The average Bonchev–Trinajstić information content (AvgIpc) is 2.69. The zero-order valence-corrected chi connectivity index (χ0v) is 17.1. The summed E-state index contributed by atoms with van der Waals surface area (Å²) in [6.07, 6.45) is 2.69. The van der Waals surface area contributed by atoms with Gasteiger partial charge < -0.3 is 5.32 Å². The third-order valence-electron chi connectivity index (χ3n) is 5.59. The van der Waals surface area contributed by atoms with Gasteiger partial charge in [-0.15, -0.1) is 0 Å². The smallest absolute Gasteiger partial charge is 0.125 e. The molecule has 150 valence electrons. The van der Waals surface area contributed by atoms with Gasteiger partial charge in [0.1, 0.15) is 11.5 Å². The number of nitrogens with one attached hydrogen (secondary N) is 1. The lowest BCUT2D eigenvalue weighted by Crippen LogP contribution is -2.26. The van der Waals surface area contributed by atoms with Crippen molar-refractivity contribution in [3.8, 4) is 0 Å². The molecule has 0 aliphatic rings. The number of hydrogen-bond acceptors (Lipinski definition) is 1. The molecule has 0 radical (unpaired) electrons. The number of halogens is 2. The summed E-state index contributed by atoms with van der Waals surface area (Å²) >= 11 is 0. The molecule has 0 aliphatic heterocycles. The Morgan fingerprint density at radius 1 is 1.21 bits per heavy atom. The molecule has 0 saturated carbocycles. The molecule has 3 atom stereocenters. The van der Waals surface area contributed by atoms with E-state index in [-0.39, 0.29) is 17.7 Å². The zero-order chi connectivity index (χ0) is 20.7. The van der Waals surface area contributed by atoms with Crippen molar-refractivity contribution < 1.29 is 8.78 Å². The van der Waals surface area contributed by atoms with Crippen molar-refractivity contribution in [2.24, 2.45) is 5.92 Å². The van der Waals surface area contributed by atoms with Gasteiger partial charge in [0.2, 0.25) is 0 Å². The molecule has 0 saturated heterocycles. The van der Waals surface area contributed by atoms with Crippen LogP contribution in [0.5, 0.6) is 0 Å². The van der Waals surface area contributed by atoms with Crippen LogP contribution in [-0.2, 0) is 0 Å². The van der Waals surface area contributed by atoms with Gasteiger partial charge in [-0.25, -0.2) is 8.78 Å².